The van der Waals surface area contributed by atoms with Crippen LogP contribution in [-0.4, -0.2) is 36.5 Å². The van der Waals surface area contributed by atoms with Gasteiger partial charge in [0.15, 0.2) is 17.3 Å². The summed E-state index contributed by atoms with van der Waals surface area (Å²) in [4.78, 5) is 34.8. The molecule has 0 aliphatic heterocycles. The lowest BCUT2D eigenvalue weighted by atomic mass is 10.0. The van der Waals surface area contributed by atoms with Gasteiger partial charge >= 0.3 is 11.9 Å². The number of rotatable bonds is 4. The van der Waals surface area contributed by atoms with Crippen molar-refractivity contribution in [1.82, 2.24) is 19.1 Å². The smallest absolute Gasteiger partial charge is 0.382 e. The normalized spacial score (nSPS) is 15.1. The van der Waals surface area contributed by atoms with E-state index in [0.717, 1.165) is 17.4 Å². The fourth-order valence-corrected chi connectivity index (χ4v) is 3.74. The molecule has 2 aromatic heterocycles. The van der Waals surface area contributed by atoms with Gasteiger partial charge in [-0.2, -0.15) is 13.2 Å². The van der Waals surface area contributed by atoms with E-state index in [1.165, 1.54) is 0 Å². The number of aromatic nitrogens is 4. The quantitative estimate of drug-likeness (QED) is 0.654. The number of nitrogens with zero attached hydrogens (tertiary/aromatic N) is 4. The first-order valence-electron chi connectivity index (χ1n) is 9.67. The summed E-state index contributed by atoms with van der Waals surface area (Å²) < 4.78 is 40.6. The number of aliphatic hydroxyl groups is 1. The highest BCUT2D eigenvalue weighted by Crippen LogP contribution is 2.23. The molecule has 0 bridgehead atoms. The Kier molecular flexibility index (Phi) is 5.61. The Morgan fingerprint density at radius 3 is 2.26 bits per heavy atom. The maximum absolute atomic E-state index is 13.1. The van der Waals surface area contributed by atoms with Crippen molar-refractivity contribution in [1.29, 1.82) is 0 Å². The largest absolute Gasteiger partial charge is 0.416 e. The standard InChI is InChI=1S/C20H18ClF3N4O3/c21-12-7-5-11(6-8-12)9-28-18(30)16-17(26-14-4-2-1-3-13(14)25-16)27(19(28)31)10-15(29)20(22,23)24/h5-8,15,29H,1-4,9-10H2. The second-order valence-corrected chi connectivity index (χ2v) is 7.90. The van der Waals surface area contributed by atoms with Gasteiger partial charge in [0, 0.05) is 5.02 Å². The van der Waals surface area contributed by atoms with Gasteiger partial charge < -0.3 is 5.11 Å². The number of fused-ring (bicyclic) bond motifs is 2. The first-order valence-corrected chi connectivity index (χ1v) is 10.1. The molecule has 1 aliphatic carbocycles. The zero-order valence-corrected chi connectivity index (χ0v) is 16.9. The van der Waals surface area contributed by atoms with Gasteiger partial charge in [0.2, 0.25) is 0 Å². The Balaban J connectivity index is 1.94. The molecule has 1 atom stereocenters. The number of hydrogen-bond acceptors (Lipinski definition) is 5. The molecule has 2 heterocycles. The van der Waals surface area contributed by atoms with E-state index in [4.69, 9.17) is 11.6 Å². The Morgan fingerprint density at radius 1 is 1.03 bits per heavy atom. The van der Waals surface area contributed by atoms with E-state index in [0.29, 0.717) is 39.4 Å². The van der Waals surface area contributed by atoms with Crippen LogP contribution in [0.3, 0.4) is 0 Å². The average Bonchev–Trinajstić information content (AvgIpc) is 2.73. The highest BCUT2D eigenvalue weighted by molar-refractivity contribution is 6.30. The van der Waals surface area contributed by atoms with E-state index in [9.17, 15) is 27.9 Å². The van der Waals surface area contributed by atoms with Crippen molar-refractivity contribution in [3.63, 3.8) is 0 Å². The van der Waals surface area contributed by atoms with Gasteiger partial charge in [-0.1, -0.05) is 23.7 Å². The van der Waals surface area contributed by atoms with E-state index in [1.807, 2.05) is 0 Å². The average molecular weight is 455 g/mol. The second-order valence-electron chi connectivity index (χ2n) is 7.46. The molecule has 0 saturated heterocycles. The number of hydrogen-bond donors (Lipinski definition) is 1. The third-order valence-corrected chi connectivity index (χ3v) is 5.51. The molecule has 0 spiro atoms. The SMILES string of the molecule is O=c1c2nc3c(nc2n(CC(O)C(F)(F)F)c(=O)n1Cc1ccc(Cl)cc1)CCCC3. The van der Waals surface area contributed by atoms with Gasteiger partial charge in [0.05, 0.1) is 24.5 Å². The summed E-state index contributed by atoms with van der Waals surface area (Å²) in [7, 11) is 0. The van der Waals surface area contributed by atoms with Crippen molar-refractivity contribution < 1.29 is 18.3 Å². The minimum Gasteiger partial charge on any atom is -0.382 e. The zero-order valence-electron chi connectivity index (χ0n) is 16.2. The van der Waals surface area contributed by atoms with Crippen LogP contribution in [0.2, 0.25) is 5.02 Å². The summed E-state index contributed by atoms with van der Waals surface area (Å²) in [5.41, 5.74) is -0.459. The fraction of sp³-hybridized carbons (Fsp3) is 0.400. The van der Waals surface area contributed by atoms with E-state index < -0.39 is 30.1 Å². The zero-order chi connectivity index (χ0) is 22.3. The molecule has 11 heteroatoms. The topological polar surface area (TPSA) is 90.0 Å². The molecule has 0 amide bonds. The first kappa shape index (κ1) is 21.5. The summed E-state index contributed by atoms with van der Waals surface area (Å²) in [6.45, 7) is -1.28. The lowest BCUT2D eigenvalue weighted by Crippen LogP contribution is -2.45. The van der Waals surface area contributed by atoms with Gasteiger partial charge in [-0.3, -0.25) is 13.9 Å². The van der Waals surface area contributed by atoms with Crippen molar-refractivity contribution in [2.45, 2.75) is 51.1 Å². The Hall–Kier alpha value is -2.72. The molecule has 0 saturated carbocycles. The molecule has 4 rings (SSSR count). The van der Waals surface area contributed by atoms with Gasteiger partial charge in [0.1, 0.15) is 0 Å². The van der Waals surface area contributed by atoms with Crippen molar-refractivity contribution in [3.05, 3.63) is 67.1 Å². The number of benzene rings is 1. The van der Waals surface area contributed by atoms with Gasteiger partial charge in [-0.15, -0.1) is 0 Å². The first-order chi connectivity index (χ1) is 14.6. The summed E-state index contributed by atoms with van der Waals surface area (Å²) in [5.74, 6) is 0. The Labute approximate surface area is 178 Å². The van der Waals surface area contributed by atoms with Gasteiger partial charge in [-0.25, -0.2) is 14.8 Å². The second kappa shape index (κ2) is 8.08. The summed E-state index contributed by atoms with van der Waals surface area (Å²) in [6.07, 6.45) is -4.89. The number of alkyl halides is 3. The van der Waals surface area contributed by atoms with Crippen molar-refractivity contribution in [3.8, 4) is 0 Å². The molecular weight excluding hydrogens is 437 g/mol. The predicted octanol–water partition coefficient (Wildman–Crippen LogP) is 2.46. The summed E-state index contributed by atoms with van der Waals surface area (Å²) in [6, 6.07) is 6.36. The van der Waals surface area contributed by atoms with Gasteiger partial charge in [-0.05, 0) is 43.4 Å². The van der Waals surface area contributed by atoms with Crippen LogP contribution >= 0.6 is 11.6 Å². The molecule has 0 radical (unpaired) electrons. The Morgan fingerprint density at radius 2 is 1.65 bits per heavy atom. The molecule has 164 valence electrons. The molecule has 31 heavy (non-hydrogen) atoms. The minimum absolute atomic E-state index is 0.189. The maximum Gasteiger partial charge on any atom is 0.416 e. The van der Waals surface area contributed by atoms with Crippen LogP contribution in [0.5, 0.6) is 0 Å². The van der Waals surface area contributed by atoms with Crippen molar-refractivity contribution >= 4 is 22.8 Å². The van der Waals surface area contributed by atoms with Crippen LogP contribution < -0.4 is 11.2 Å². The molecule has 7 nitrogen and oxygen atoms in total. The van der Waals surface area contributed by atoms with E-state index in [1.54, 1.807) is 24.3 Å². The molecule has 1 N–H and O–H groups in total. The molecular formula is C20H18ClF3N4O3. The van der Waals surface area contributed by atoms with Crippen LogP contribution in [0.25, 0.3) is 11.2 Å². The van der Waals surface area contributed by atoms with Crippen molar-refractivity contribution in [2.75, 3.05) is 0 Å². The monoisotopic (exact) mass is 454 g/mol. The lowest BCUT2D eigenvalue weighted by Gasteiger charge is -2.20. The lowest BCUT2D eigenvalue weighted by molar-refractivity contribution is -0.207. The minimum atomic E-state index is -4.94. The van der Waals surface area contributed by atoms with Crippen LogP contribution in [0.15, 0.2) is 33.9 Å². The summed E-state index contributed by atoms with van der Waals surface area (Å²) in [5, 5.41) is 10.1. The number of aliphatic hydroxyl groups excluding tert-OH is 1. The third-order valence-electron chi connectivity index (χ3n) is 5.26. The van der Waals surface area contributed by atoms with E-state index in [-0.39, 0.29) is 17.7 Å². The third kappa shape index (κ3) is 4.22. The molecule has 1 unspecified atom stereocenters. The number of aryl methyl sites for hydroxylation is 2. The van der Waals surface area contributed by atoms with Crippen LogP contribution in [0.4, 0.5) is 13.2 Å². The van der Waals surface area contributed by atoms with Crippen LogP contribution in [0, 0.1) is 0 Å². The molecule has 1 aliphatic rings. The highest BCUT2D eigenvalue weighted by Gasteiger charge is 2.39. The fourth-order valence-electron chi connectivity index (χ4n) is 3.62. The summed E-state index contributed by atoms with van der Waals surface area (Å²) >= 11 is 5.86. The molecule has 3 aromatic rings. The van der Waals surface area contributed by atoms with Crippen LogP contribution in [0.1, 0.15) is 29.8 Å². The van der Waals surface area contributed by atoms with Gasteiger partial charge in [0.25, 0.3) is 5.56 Å². The predicted molar refractivity (Wildman–Crippen MR) is 107 cm³/mol. The Bertz CT molecular complexity index is 1250. The van der Waals surface area contributed by atoms with Crippen LogP contribution in [-0.2, 0) is 25.9 Å². The van der Waals surface area contributed by atoms with E-state index >= 15 is 0 Å². The molecule has 1 aromatic carbocycles. The number of halogens is 4. The van der Waals surface area contributed by atoms with E-state index in [2.05, 4.69) is 9.97 Å². The van der Waals surface area contributed by atoms with Crippen molar-refractivity contribution in [2.24, 2.45) is 0 Å². The maximum atomic E-state index is 13.1. The molecule has 0 fully saturated rings. The highest BCUT2D eigenvalue weighted by atomic mass is 35.5.